The summed E-state index contributed by atoms with van der Waals surface area (Å²) in [5.41, 5.74) is 2.04. The molecule has 1 N–H and O–H groups in total. The van der Waals surface area contributed by atoms with Crippen LogP contribution in [0.1, 0.15) is 31.1 Å². The van der Waals surface area contributed by atoms with Gasteiger partial charge in [-0.3, -0.25) is 10.1 Å². The van der Waals surface area contributed by atoms with Gasteiger partial charge in [-0.2, -0.15) is 0 Å². The zero-order valence-electron chi connectivity index (χ0n) is 11.0. The number of fused-ring (bicyclic) bond motifs is 1. The van der Waals surface area contributed by atoms with E-state index in [-0.39, 0.29) is 6.10 Å². The largest absolute Gasteiger partial charge is 0.463 e. The van der Waals surface area contributed by atoms with Gasteiger partial charge in [0.1, 0.15) is 5.75 Å². The lowest BCUT2D eigenvalue weighted by Gasteiger charge is -2.32. The molecule has 2 atom stereocenters. The third-order valence-electron chi connectivity index (χ3n) is 3.33. The molecule has 5 nitrogen and oxygen atoms in total. The van der Waals surface area contributed by atoms with Crippen LogP contribution in [0.4, 0.5) is 0 Å². The van der Waals surface area contributed by atoms with E-state index in [0.717, 1.165) is 23.2 Å². The summed E-state index contributed by atoms with van der Waals surface area (Å²) in [6.45, 7) is 4.94. The van der Waals surface area contributed by atoms with Crippen LogP contribution in [0.2, 0.25) is 0 Å². The van der Waals surface area contributed by atoms with Gasteiger partial charge in [0.05, 0.1) is 12.7 Å². The zero-order valence-corrected chi connectivity index (χ0v) is 11.0. The maximum Gasteiger partial charge on any atom is 0.205 e. The van der Waals surface area contributed by atoms with Gasteiger partial charge >= 0.3 is 0 Å². The quantitative estimate of drug-likeness (QED) is 0.820. The molecule has 2 aliphatic heterocycles. The summed E-state index contributed by atoms with van der Waals surface area (Å²) in [7, 11) is 0. The van der Waals surface area contributed by atoms with E-state index in [2.05, 4.69) is 5.32 Å². The molecular formula is C14H17NO4. The normalized spacial score (nSPS) is 28.5. The highest BCUT2D eigenvalue weighted by molar-refractivity contribution is 5.56. The molecular weight excluding hydrogens is 246 g/mol. The average molecular weight is 263 g/mol. The predicted molar refractivity (Wildman–Crippen MR) is 67.6 cm³/mol. The Hall–Kier alpha value is -1.43. The Morgan fingerprint density at radius 1 is 1.42 bits per heavy atom. The van der Waals surface area contributed by atoms with Crippen LogP contribution in [0, 0.1) is 0 Å². The molecule has 1 aromatic carbocycles. The summed E-state index contributed by atoms with van der Waals surface area (Å²) in [6, 6.07) is 5.93. The van der Waals surface area contributed by atoms with Crippen LogP contribution < -0.4 is 10.1 Å². The van der Waals surface area contributed by atoms with Gasteiger partial charge in [0.15, 0.2) is 12.5 Å². The molecule has 102 valence electrons. The molecule has 0 spiro atoms. The smallest absolute Gasteiger partial charge is 0.205 e. The van der Waals surface area contributed by atoms with Crippen LogP contribution >= 0.6 is 0 Å². The van der Waals surface area contributed by atoms with Crippen LogP contribution in [-0.4, -0.2) is 24.8 Å². The first-order chi connectivity index (χ1) is 9.07. The first-order valence-electron chi connectivity index (χ1n) is 6.37. The van der Waals surface area contributed by atoms with Gasteiger partial charge in [0.25, 0.3) is 0 Å². The van der Waals surface area contributed by atoms with E-state index in [4.69, 9.17) is 14.2 Å². The average Bonchev–Trinajstić information content (AvgIpc) is 2.86. The topological polar surface area (TPSA) is 56.8 Å². The van der Waals surface area contributed by atoms with E-state index >= 15 is 0 Å². The van der Waals surface area contributed by atoms with E-state index in [1.807, 2.05) is 32.0 Å². The van der Waals surface area contributed by atoms with Crippen LogP contribution in [0.5, 0.6) is 5.75 Å². The van der Waals surface area contributed by atoms with Crippen molar-refractivity contribution >= 4 is 6.29 Å². The Kier molecular flexibility index (Phi) is 3.05. The minimum Gasteiger partial charge on any atom is -0.463 e. The van der Waals surface area contributed by atoms with Crippen molar-refractivity contribution in [2.45, 2.75) is 38.6 Å². The number of benzene rings is 1. The maximum atomic E-state index is 10.7. The van der Waals surface area contributed by atoms with Gasteiger partial charge in [-0.05, 0) is 17.7 Å². The number of carbonyl (C=O) groups is 1. The van der Waals surface area contributed by atoms with Crippen molar-refractivity contribution in [1.82, 2.24) is 5.32 Å². The van der Waals surface area contributed by atoms with Crippen molar-refractivity contribution in [3.8, 4) is 5.75 Å². The molecule has 1 fully saturated rings. The molecule has 5 heteroatoms. The second-order valence-electron chi connectivity index (χ2n) is 5.25. The van der Waals surface area contributed by atoms with E-state index in [9.17, 15) is 4.79 Å². The van der Waals surface area contributed by atoms with Crippen molar-refractivity contribution in [2.24, 2.45) is 0 Å². The standard InChI is InChI=1S/C14H17NO4/c1-14(2)17-8-10-5-9(3-4-11(10)19-14)12-6-15-13(7-16)18-12/h3-5,7,12-13,15H,6,8H2,1-2H3. The van der Waals surface area contributed by atoms with Crippen molar-refractivity contribution in [1.29, 1.82) is 0 Å². The lowest BCUT2D eigenvalue weighted by atomic mass is 10.0. The fourth-order valence-corrected chi connectivity index (χ4v) is 2.33. The van der Waals surface area contributed by atoms with Crippen molar-refractivity contribution in [3.63, 3.8) is 0 Å². The summed E-state index contributed by atoms with van der Waals surface area (Å²) in [6.07, 6.45) is 0.163. The molecule has 0 saturated carbocycles. The maximum absolute atomic E-state index is 10.7. The van der Waals surface area contributed by atoms with Gasteiger partial charge in [-0.1, -0.05) is 6.07 Å². The van der Waals surface area contributed by atoms with Crippen LogP contribution in [0.3, 0.4) is 0 Å². The summed E-state index contributed by atoms with van der Waals surface area (Å²) in [4.78, 5) is 10.7. The number of hydrogen-bond acceptors (Lipinski definition) is 5. The molecule has 2 aliphatic rings. The van der Waals surface area contributed by atoms with E-state index in [1.165, 1.54) is 0 Å². The van der Waals surface area contributed by atoms with E-state index in [0.29, 0.717) is 13.2 Å². The van der Waals surface area contributed by atoms with Crippen molar-refractivity contribution in [2.75, 3.05) is 6.54 Å². The van der Waals surface area contributed by atoms with Gasteiger partial charge in [0.2, 0.25) is 5.79 Å². The number of nitrogens with one attached hydrogen (secondary N) is 1. The second kappa shape index (κ2) is 4.59. The predicted octanol–water partition coefficient (Wildman–Crippen LogP) is 1.52. The SMILES string of the molecule is CC1(C)OCc2cc(C3CNC(C=O)O3)ccc2O1. The van der Waals surface area contributed by atoms with E-state index < -0.39 is 12.0 Å². The summed E-state index contributed by atoms with van der Waals surface area (Å²) < 4.78 is 16.9. The molecule has 0 aliphatic carbocycles. The van der Waals surface area contributed by atoms with Gasteiger partial charge in [-0.15, -0.1) is 0 Å². The Morgan fingerprint density at radius 2 is 2.26 bits per heavy atom. The lowest BCUT2D eigenvalue weighted by Crippen LogP contribution is -2.35. The molecule has 0 radical (unpaired) electrons. The van der Waals surface area contributed by atoms with E-state index in [1.54, 1.807) is 0 Å². The minimum absolute atomic E-state index is 0.101. The van der Waals surface area contributed by atoms with Gasteiger partial charge in [-0.25, -0.2) is 0 Å². The van der Waals surface area contributed by atoms with Crippen LogP contribution in [-0.2, 0) is 20.9 Å². The third kappa shape index (κ3) is 2.49. The molecule has 2 unspecified atom stereocenters. The molecule has 0 bridgehead atoms. The fraction of sp³-hybridized carbons (Fsp3) is 0.500. The molecule has 1 aromatic rings. The minimum atomic E-state index is -0.581. The zero-order chi connectivity index (χ0) is 13.5. The Balaban J connectivity index is 1.81. The molecule has 0 aromatic heterocycles. The van der Waals surface area contributed by atoms with Gasteiger partial charge in [0, 0.05) is 26.0 Å². The molecule has 2 heterocycles. The summed E-state index contributed by atoms with van der Waals surface area (Å²) in [5.74, 6) is 0.264. The monoisotopic (exact) mass is 263 g/mol. The Labute approximate surface area is 111 Å². The first-order valence-corrected chi connectivity index (χ1v) is 6.37. The van der Waals surface area contributed by atoms with Crippen LogP contribution in [0.15, 0.2) is 18.2 Å². The highest BCUT2D eigenvalue weighted by atomic mass is 16.7. The highest BCUT2D eigenvalue weighted by Gasteiger charge is 2.30. The number of rotatable bonds is 2. The van der Waals surface area contributed by atoms with Gasteiger partial charge < -0.3 is 14.2 Å². The Bertz CT molecular complexity index is 500. The third-order valence-corrected chi connectivity index (χ3v) is 3.33. The molecule has 1 saturated heterocycles. The van der Waals surface area contributed by atoms with Crippen molar-refractivity contribution < 1.29 is 19.0 Å². The number of hydrogen-bond donors (Lipinski definition) is 1. The van der Waals surface area contributed by atoms with Crippen molar-refractivity contribution in [3.05, 3.63) is 29.3 Å². The molecule has 19 heavy (non-hydrogen) atoms. The molecule has 0 amide bonds. The number of carbonyl (C=O) groups excluding carboxylic acids is 1. The lowest BCUT2D eigenvalue weighted by molar-refractivity contribution is -0.180. The molecule has 3 rings (SSSR count). The first kappa shape index (κ1) is 12.6. The summed E-state index contributed by atoms with van der Waals surface area (Å²) >= 11 is 0. The second-order valence-corrected chi connectivity index (χ2v) is 5.25. The summed E-state index contributed by atoms with van der Waals surface area (Å²) in [5, 5.41) is 3.00. The number of aldehydes is 1. The van der Waals surface area contributed by atoms with Crippen LogP contribution in [0.25, 0.3) is 0 Å². The number of ether oxygens (including phenoxy) is 3. The fourth-order valence-electron chi connectivity index (χ4n) is 2.33. The Morgan fingerprint density at radius 3 is 3.00 bits per heavy atom. The highest BCUT2D eigenvalue weighted by Crippen LogP contribution is 2.34.